The molecule has 0 aliphatic rings. The van der Waals surface area contributed by atoms with Gasteiger partial charge < -0.3 is 21.5 Å². The first kappa shape index (κ1) is 16.2. The Balaban J connectivity index is 2.21. The molecule has 0 spiro atoms. The van der Waals surface area contributed by atoms with Crippen molar-refractivity contribution < 1.29 is 5.11 Å². The summed E-state index contributed by atoms with van der Waals surface area (Å²) in [5, 5.41) is 11.1. The van der Waals surface area contributed by atoms with Crippen molar-refractivity contribution in [2.24, 2.45) is 11.5 Å². The van der Waals surface area contributed by atoms with Gasteiger partial charge in [0.25, 0.3) is 0 Å². The van der Waals surface area contributed by atoms with Gasteiger partial charge in [-0.2, -0.15) is 0 Å². The fourth-order valence-corrected chi connectivity index (χ4v) is 2.72. The van der Waals surface area contributed by atoms with Crippen LogP contribution in [0, 0.1) is 0 Å². The standard InChI is InChI=1S/C18H21N5O/c19-9-11-23(12-10-20)18-13-5-1-3-7-15(13)21-17(22-18)14-6-2-4-8-16(14)24/h1-8,24H,9-12,19-20H2. The monoisotopic (exact) mass is 323 g/mol. The number of aromatic hydroxyl groups is 1. The van der Waals surface area contributed by atoms with Crippen molar-refractivity contribution in [2.75, 3.05) is 31.1 Å². The predicted octanol–water partition coefficient (Wildman–Crippen LogP) is 1.73. The normalized spacial score (nSPS) is 10.9. The second kappa shape index (κ2) is 7.25. The van der Waals surface area contributed by atoms with Crippen LogP contribution >= 0.6 is 0 Å². The van der Waals surface area contributed by atoms with E-state index in [0.717, 1.165) is 16.7 Å². The molecule has 5 N–H and O–H groups in total. The second-order valence-corrected chi connectivity index (χ2v) is 5.47. The third-order valence-electron chi connectivity index (χ3n) is 3.83. The zero-order valence-corrected chi connectivity index (χ0v) is 13.4. The van der Waals surface area contributed by atoms with E-state index in [1.807, 2.05) is 30.3 Å². The summed E-state index contributed by atoms with van der Waals surface area (Å²) in [6.07, 6.45) is 0. The van der Waals surface area contributed by atoms with Crippen molar-refractivity contribution in [2.45, 2.75) is 0 Å². The van der Waals surface area contributed by atoms with Gasteiger partial charge >= 0.3 is 0 Å². The first-order chi connectivity index (χ1) is 11.7. The Kier molecular flexibility index (Phi) is 4.88. The minimum absolute atomic E-state index is 0.155. The minimum Gasteiger partial charge on any atom is -0.507 e. The number of hydrogen-bond acceptors (Lipinski definition) is 6. The average molecular weight is 323 g/mol. The molecule has 24 heavy (non-hydrogen) atoms. The van der Waals surface area contributed by atoms with Crippen LogP contribution in [0.15, 0.2) is 48.5 Å². The van der Waals surface area contributed by atoms with Gasteiger partial charge in [0.2, 0.25) is 0 Å². The highest BCUT2D eigenvalue weighted by Gasteiger charge is 2.16. The van der Waals surface area contributed by atoms with Gasteiger partial charge in [-0.05, 0) is 24.3 Å². The molecule has 2 aromatic carbocycles. The number of benzene rings is 2. The SMILES string of the molecule is NCCN(CCN)c1nc(-c2ccccc2O)nc2ccccc12. The lowest BCUT2D eigenvalue weighted by atomic mass is 10.1. The molecule has 0 saturated heterocycles. The van der Waals surface area contributed by atoms with Crippen molar-refractivity contribution in [3.05, 3.63) is 48.5 Å². The molecular weight excluding hydrogens is 302 g/mol. The number of fused-ring (bicyclic) bond motifs is 1. The summed E-state index contributed by atoms with van der Waals surface area (Å²) in [6, 6.07) is 14.9. The van der Waals surface area contributed by atoms with Crippen LogP contribution in [0.3, 0.4) is 0 Å². The van der Waals surface area contributed by atoms with Gasteiger partial charge in [-0.1, -0.05) is 24.3 Å². The molecule has 3 aromatic rings. The van der Waals surface area contributed by atoms with E-state index < -0.39 is 0 Å². The third kappa shape index (κ3) is 3.15. The quantitative estimate of drug-likeness (QED) is 0.638. The number of rotatable bonds is 6. The summed E-state index contributed by atoms with van der Waals surface area (Å²) in [5.74, 6) is 1.43. The molecule has 3 rings (SSSR count). The zero-order chi connectivity index (χ0) is 16.9. The van der Waals surface area contributed by atoms with Crippen LogP contribution in [-0.2, 0) is 0 Å². The number of para-hydroxylation sites is 2. The number of phenols is 1. The van der Waals surface area contributed by atoms with Gasteiger partial charge in [0.05, 0.1) is 11.1 Å². The third-order valence-corrected chi connectivity index (χ3v) is 3.83. The van der Waals surface area contributed by atoms with Crippen LogP contribution in [0.2, 0.25) is 0 Å². The van der Waals surface area contributed by atoms with E-state index in [9.17, 15) is 5.11 Å². The lowest BCUT2D eigenvalue weighted by molar-refractivity contribution is 0.477. The molecule has 0 aliphatic heterocycles. The number of nitrogens with zero attached hydrogens (tertiary/aromatic N) is 3. The Morgan fingerprint density at radius 1 is 0.875 bits per heavy atom. The molecule has 1 aromatic heterocycles. The summed E-state index contributed by atoms with van der Waals surface area (Å²) < 4.78 is 0. The molecule has 0 bridgehead atoms. The van der Waals surface area contributed by atoms with Gasteiger partial charge in [0.1, 0.15) is 11.6 Å². The van der Waals surface area contributed by atoms with Gasteiger partial charge in [-0.15, -0.1) is 0 Å². The number of phenolic OH excluding ortho intramolecular Hbond substituents is 1. The Labute approximate surface area is 140 Å². The lowest BCUT2D eigenvalue weighted by Crippen LogP contribution is -2.34. The molecule has 124 valence electrons. The van der Waals surface area contributed by atoms with E-state index in [4.69, 9.17) is 16.5 Å². The van der Waals surface area contributed by atoms with E-state index in [-0.39, 0.29) is 5.75 Å². The predicted molar refractivity (Wildman–Crippen MR) is 97.0 cm³/mol. The van der Waals surface area contributed by atoms with E-state index >= 15 is 0 Å². The maximum atomic E-state index is 10.1. The molecular formula is C18H21N5O. The highest BCUT2D eigenvalue weighted by Crippen LogP contribution is 2.31. The minimum atomic E-state index is 0.155. The molecule has 0 saturated carbocycles. The largest absolute Gasteiger partial charge is 0.507 e. The summed E-state index contributed by atoms with van der Waals surface area (Å²) >= 11 is 0. The van der Waals surface area contributed by atoms with E-state index in [1.54, 1.807) is 18.2 Å². The van der Waals surface area contributed by atoms with Gasteiger partial charge in [-0.25, -0.2) is 9.97 Å². The van der Waals surface area contributed by atoms with Crippen molar-refractivity contribution in [3.8, 4) is 17.1 Å². The summed E-state index contributed by atoms with van der Waals surface area (Å²) in [6.45, 7) is 2.31. The Hall–Kier alpha value is -2.70. The molecule has 0 fully saturated rings. The molecule has 0 atom stereocenters. The summed E-state index contributed by atoms with van der Waals surface area (Å²) in [5.41, 5.74) is 12.9. The van der Waals surface area contributed by atoms with Crippen LogP contribution in [0.4, 0.5) is 5.82 Å². The Bertz CT molecular complexity index is 831. The summed E-state index contributed by atoms with van der Waals surface area (Å²) in [4.78, 5) is 11.4. The first-order valence-electron chi connectivity index (χ1n) is 7.95. The van der Waals surface area contributed by atoms with Gasteiger partial charge in [-0.3, -0.25) is 0 Å². The number of aromatic nitrogens is 2. The smallest absolute Gasteiger partial charge is 0.165 e. The van der Waals surface area contributed by atoms with E-state index in [1.165, 1.54) is 0 Å². The molecule has 0 aliphatic carbocycles. The van der Waals surface area contributed by atoms with Crippen LogP contribution in [0.25, 0.3) is 22.3 Å². The number of anilines is 1. The fourth-order valence-electron chi connectivity index (χ4n) is 2.72. The molecule has 0 radical (unpaired) electrons. The number of hydrogen-bond donors (Lipinski definition) is 3. The topological polar surface area (TPSA) is 101 Å². The zero-order valence-electron chi connectivity index (χ0n) is 13.4. The van der Waals surface area contributed by atoms with Crippen LogP contribution in [0.5, 0.6) is 5.75 Å². The average Bonchev–Trinajstić information content (AvgIpc) is 2.61. The van der Waals surface area contributed by atoms with Gasteiger partial charge in [0, 0.05) is 31.6 Å². The van der Waals surface area contributed by atoms with Crippen molar-refractivity contribution in [3.63, 3.8) is 0 Å². The Morgan fingerprint density at radius 2 is 1.54 bits per heavy atom. The van der Waals surface area contributed by atoms with E-state index in [0.29, 0.717) is 37.6 Å². The van der Waals surface area contributed by atoms with Crippen molar-refractivity contribution in [1.82, 2.24) is 9.97 Å². The summed E-state index contributed by atoms with van der Waals surface area (Å²) in [7, 11) is 0. The fraction of sp³-hybridized carbons (Fsp3) is 0.222. The maximum Gasteiger partial charge on any atom is 0.165 e. The lowest BCUT2D eigenvalue weighted by Gasteiger charge is -2.24. The maximum absolute atomic E-state index is 10.1. The van der Waals surface area contributed by atoms with Crippen LogP contribution in [0.1, 0.15) is 0 Å². The van der Waals surface area contributed by atoms with Crippen LogP contribution in [-0.4, -0.2) is 41.3 Å². The first-order valence-corrected chi connectivity index (χ1v) is 7.95. The highest BCUT2D eigenvalue weighted by molar-refractivity contribution is 5.91. The Morgan fingerprint density at radius 3 is 2.25 bits per heavy atom. The molecule has 0 amide bonds. The molecule has 6 nitrogen and oxygen atoms in total. The van der Waals surface area contributed by atoms with E-state index in [2.05, 4.69) is 9.88 Å². The van der Waals surface area contributed by atoms with Gasteiger partial charge in [0.15, 0.2) is 5.82 Å². The molecule has 6 heteroatoms. The van der Waals surface area contributed by atoms with Crippen molar-refractivity contribution in [1.29, 1.82) is 0 Å². The molecule has 0 unspecified atom stereocenters. The molecule has 1 heterocycles. The van der Waals surface area contributed by atoms with Crippen molar-refractivity contribution >= 4 is 16.7 Å². The number of nitrogens with two attached hydrogens (primary N) is 2. The second-order valence-electron chi connectivity index (χ2n) is 5.47. The van der Waals surface area contributed by atoms with Crippen LogP contribution < -0.4 is 16.4 Å². The highest BCUT2D eigenvalue weighted by atomic mass is 16.3.